The first-order chi connectivity index (χ1) is 11.3. The fraction of sp³-hybridized carbons (Fsp3) is 0.533. The number of amides is 1. The van der Waals surface area contributed by atoms with Crippen molar-refractivity contribution in [2.45, 2.75) is 43.4 Å². The summed E-state index contributed by atoms with van der Waals surface area (Å²) in [4.78, 5) is 15.3. The number of methoxy groups -OCH3 is 1. The average molecular weight is 342 g/mol. The Morgan fingerprint density at radius 2 is 2.04 bits per heavy atom. The zero-order valence-electron chi connectivity index (χ0n) is 13.0. The van der Waals surface area contributed by atoms with E-state index in [2.05, 4.69) is 10.1 Å². The van der Waals surface area contributed by atoms with Gasteiger partial charge >= 0.3 is 6.18 Å². The fourth-order valence-corrected chi connectivity index (χ4v) is 3.32. The van der Waals surface area contributed by atoms with Gasteiger partial charge in [-0.15, -0.1) is 5.10 Å². The summed E-state index contributed by atoms with van der Waals surface area (Å²) >= 11 is 0. The highest BCUT2D eigenvalue weighted by Crippen LogP contribution is 2.47. The maximum atomic E-state index is 13.3. The molecule has 6 nitrogen and oxygen atoms in total. The number of nitrogens with zero attached hydrogens (tertiary/aromatic N) is 3. The maximum absolute atomic E-state index is 13.3. The zero-order valence-corrected chi connectivity index (χ0v) is 13.0. The summed E-state index contributed by atoms with van der Waals surface area (Å²) in [6.07, 6.45) is -4.03. The van der Waals surface area contributed by atoms with Gasteiger partial charge in [-0.05, 0) is 37.8 Å². The minimum absolute atomic E-state index is 0.111. The van der Waals surface area contributed by atoms with Gasteiger partial charge in [-0.25, -0.2) is 9.50 Å². The number of carbonyl (C=O) groups excluding carboxylic acids is 1. The summed E-state index contributed by atoms with van der Waals surface area (Å²) in [5, 5.41) is 4.07. The number of ether oxygens (including phenoxy) is 1. The van der Waals surface area contributed by atoms with E-state index in [-0.39, 0.29) is 24.6 Å². The van der Waals surface area contributed by atoms with Crippen molar-refractivity contribution in [3.8, 4) is 0 Å². The van der Waals surface area contributed by atoms with Crippen molar-refractivity contribution in [1.82, 2.24) is 14.6 Å². The summed E-state index contributed by atoms with van der Waals surface area (Å²) < 4.78 is 46.1. The van der Waals surface area contributed by atoms with Gasteiger partial charge in [0.1, 0.15) is 0 Å². The lowest BCUT2D eigenvalue weighted by atomic mass is 9.77. The van der Waals surface area contributed by atoms with Crippen LogP contribution in [-0.4, -0.2) is 39.4 Å². The van der Waals surface area contributed by atoms with Crippen molar-refractivity contribution in [2.75, 3.05) is 7.11 Å². The molecule has 0 spiro atoms. The minimum Gasteiger partial charge on any atom is -0.369 e. The first kappa shape index (κ1) is 16.7. The molecule has 0 unspecified atom stereocenters. The zero-order chi connectivity index (χ0) is 17.5. The van der Waals surface area contributed by atoms with E-state index in [1.165, 1.54) is 4.52 Å². The van der Waals surface area contributed by atoms with Crippen molar-refractivity contribution in [3.05, 3.63) is 29.7 Å². The van der Waals surface area contributed by atoms with Crippen LogP contribution in [0.3, 0.4) is 0 Å². The molecule has 24 heavy (non-hydrogen) atoms. The molecule has 0 bridgehead atoms. The van der Waals surface area contributed by atoms with Crippen LogP contribution in [0.25, 0.3) is 5.65 Å². The lowest BCUT2D eigenvalue weighted by molar-refractivity contribution is -0.280. The molecule has 2 N–H and O–H groups in total. The second-order valence-electron chi connectivity index (χ2n) is 5.99. The normalized spacial score (nSPS) is 25.1. The number of alkyl halides is 3. The van der Waals surface area contributed by atoms with Crippen molar-refractivity contribution >= 4 is 11.6 Å². The number of pyridine rings is 1. The van der Waals surface area contributed by atoms with E-state index < -0.39 is 17.7 Å². The van der Waals surface area contributed by atoms with Crippen molar-refractivity contribution in [3.63, 3.8) is 0 Å². The molecule has 2 heterocycles. The number of fused-ring (bicyclic) bond motifs is 1. The number of hydrogen-bond donors (Lipinski definition) is 1. The van der Waals surface area contributed by atoms with E-state index in [1.807, 2.05) is 0 Å². The first-order valence-electron chi connectivity index (χ1n) is 7.55. The topological polar surface area (TPSA) is 82.5 Å². The van der Waals surface area contributed by atoms with Crippen LogP contribution < -0.4 is 5.73 Å². The average Bonchev–Trinajstić information content (AvgIpc) is 2.98. The Labute approximate surface area is 135 Å². The predicted octanol–water partition coefficient (Wildman–Crippen LogP) is 2.43. The molecule has 0 aromatic carbocycles. The molecule has 130 valence electrons. The van der Waals surface area contributed by atoms with E-state index in [1.54, 1.807) is 18.2 Å². The molecular formula is C15H17F3N4O2. The molecule has 2 aromatic rings. The summed E-state index contributed by atoms with van der Waals surface area (Å²) in [6, 6.07) is 5.19. The summed E-state index contributed by atoms with van der Waals surface area (Å²) in [6.45, 7) is 0. The molecule has 1 aliphatic carbocycles. The number of carbonyl (C=O) groups is 1. The number of primary amides is 1. The molecule has 1 fully saturated rings. The molecule has 3 rings (SSSR count). The smallest absolute Gasteiger partial charge is 0.369 e. The fourth-order valence-electron chi connectivity index (χ4n) is 3.32. The Kier molecular flexibility index (Phi) is 3.98. The third-order valence-corrected chi connectivity index (χ3v) is 4.73. The molecule has 1 amide bonds. The molecule has 1 saturated carbocycles. The number of hydrogen-bond acceptors (Lipinski definition) is 4. The molecule has 1 aliphatic rings. The Bertz CT molecular complexity index is 764. The molecule has 2 aromatic heterocycles. The van der Waals surface area contributed by atoms with E-state index in [0.29, 0.717) is 18.5 Å². The second-order valence-corrected chi connectivity index (χ2v) is 5.99. The van der Waals surface area contributed by atoms with Gasteiger partial charge in [-0.1, -0.05) is 6.07 Å². The van der Waals surface area contributed by atoms with Crippen LogP contribution in [0.15, 0.2) is 18.2 Å². The van der Waals surface area contributed by atoms with Crippen molar-refractivity contribution < 1.29 is 22.7 Å². The second kappa shape index (κ2) is 5.73. The van der Waals surface area contributed by atoms with Crippen LogP contribution in [0.2, 0.25) is 0 Å². The lowest BCUT2D eigenvalue weighted by Crippen LogP contribution is -2.49. The van der Waals surface area contributed by atoms with E-state index >= 15 is 0 Å². The Morgan fingerprint density at radius 1 is 1.38 bits per heavy atom. The van der Waals surface area contributed by atoms with Crippen LogP contribution in [0.1, 0.15) is 47.9 Å². The van der Waals surface area contributed by atoms with Gasteiger partial charge in [0.05, 0.1) is 0 Å². The highest BCUT2D eigenvalue weighted by atomic mass is 19.4. The van der Waals surface area contributed by atoms with E-state index in [0.717, 1.165) is 12.8 Å². The molecular weight excluding hydrogens is 325 g/mol. The van der Waals surface area contributed by atoms with Crippen molar-refractivity contribution in [1.29, 1.82) is 0 Å². The molecule has 0 radical (unpaired) electrons. The van der Waals surface area contributed by atoms with Crippen molar-refractivity contribution in [2.24, 2.45) is 5.73 Å². The van der Waals surface area contributed by atoms with Gasteiger partial charge in [0.2, 0.25) is 5.82 Å². The predicted molar refractivity (Wildman–Crippen MR) is 78.5 cm³/mol. The third-order valence-electron chi connectivity index (χ3n) is 4.73. The van der Waals surface area contributed by atoms with E-state index in [9.17, 15) is 18.0 Å². The summed E-state index contributed by atoms with van der Waals surface area (Å²) in [7, 11) is 1.10. The quantitative estimate of drug-likeness (QED) is 0.929. The third kappa shape index (κ3) is 2.62. The Hall–Kier alpha value is -2.16. The lowest BCUT2D eigenvalue weighted by Gasteiger charge is -2.40. The van der Waals surface area contributed by atoms with Gasteiger partial charge in [0.15, 0.2) is 11.2 Å². The minimum atomic E-state index is -4.40. The van der Waals surface area contributed by atoms with Crippen LogP contribution in [0.5, 0.6) is 0 Å². The van der Waals surface area contributed by atoms with Gasteiger partial charge in [0, 0.05) is 18.7 Å². The van der Waals surface area contributed by atoms with Crippen LogP contribution in [0, 0.1) is 0 Å². The van der Waals surface area contributed by atoms with Gasteiger partial charge < -0.3 is 10.5 Å². The molecule has 0 saturated heterocycles. The SMILES string of the molecule is COC1(C(F)(F)F)CCC(c2cccc3nc(C(N)=O)nn23)CC1. The number of halogens is 3. The number of nitrogens with two attached hydrogens (primary N) is 1. The number of rotatable bonds is 3. The molecule has 0 aliphatic heterocycles. The Balaban J connectivity index is 1.89. The van der Waals surface area contributed by atoms with Gasteiger partial charge in [-0.3, -0.25) is 4.79 Å². The number of aromatic nitrogens is 3. The van der Waals surface area contributed by atoms with Crippen LogP contribution in [-0.2, 0) is 4.74 Å². The largest absolute Gasteiger partial charge is 0.417 e. The molecule has 9 heteroatoms. The summed E-state index contributed by atoms with van der Waals surface area (Å²) in [5.41, 5.74) is 4.27. The Morgan fingerprint density at radius 3 is 2.58 bits per heavy atom. The standard InChI is InChI=1S/C15H17F3N4O2/c1-24-14(15(16,17)18)7-5-9(6-8-14)10-3-2-4-11-20-13(12(19)23)21-22(10)11/h2-4,9H,5-8H2,1H3,(H2,19,23). The van der Waals surface area contributed by atoms with Gasteiger partial charge in [0.25, 0.3) is 5.91 Å². The monoisotopic (exact) mass is 342 g/mol. The first-order valence-corrected chi connectivity index (χ1v) is 7.55. The van der Waals surface area contributed by atoms with Crippen LogP contribution in [0.4, 0.5) is 13.2 Å². The maximum Gasteiger partial charge on any atom is 0.417 e. The highest BCUT2D eigenvalue weighted by Gasteiger charge is 2.56. The van der Waals surface area contributed by atoms with E-state index in [4.69, 9.17) is 10.5 Å². The molecule has 0 atom stereocenters. The summed E-state index contributed by atoms with van der Waals surface area (Å²) in [5.74, 6) is -0.981. The van der Waals surface area contributed by atoms with Gasteiger partial charge in [-0.2, -0.15) is 13.2 Å². The highest BCUT2D eigenvalue weighted by molar-refractivity contribution is 5.89. The van der Waals surface area contributed by atoms with Crippen LogP contribution >= 0.6 is 0 Å².